The number of carbonyl (C=O) groups excluding carboxylic acids is 1. The number of carbonyl (C=O) groups is 1. The molecule has 0 aliphatic carbocycles. The van der Waals surface area contributed by atoms with Crippen molar-refractivity contribution in [3.8, 4) is 0 Å². The van der Waals surface area contributed by atoms with Crippen LogP contribution in [0.5, 0.6) is 0 Å². The maximum Gasteiger partial charge on any atom is 0.256 e. The van der Waals surface area contributed by atoms with Gasteiger partial charge in [0.15, 0.2) is 0 Å². The number of aryl methyl sites for hydroxylation is 2. The van der Waals surface area contributed by atoms with Gasteiger partial charge >= 0.3 is 0 Å². The monoisotopic (exact) mass is 423 g/mol. The van der Waals surface area contributed by atoms with E-state index in [0.717, 1.165) is 49.2 Å². The Morgan fingerprint density at radius 2 is 1.39 bits per heavy atom. The normalized spacial score (nSPS) is 16.5. The fourth-order valence-corrected chi connectivity index (χ4v) is 4.16. The smallest absolute Gasteiger partial charge is 0.256 e. The van der Waals surface area contributed by atoms with E-state index in [4.69, 9.17) is 0 Å². The van der Waals surface area contributed by atoms with Gasteiger partial charge in [-0.25, -0.2) is 8.78 Å². The Morgan fingerprint density at radius 1 is 0.839 bits per heavy atom. The van der Waals surface area contributed by atoms with E-state index in [9.17, 15) is 13.6 Å². The average Bonchev–Trinajstić information content (AvgIpc) is 2.78. The number of hydrogen-bond acceptors (Lipinski definition) is 3. The van der Waals surface area contributed by atoms with Gasteiger partial charge in [0, 0.05) is 35.5 Å². The zero-order valence-electron chi connectivity index (χ0n) is 17.9. The molecule has 2 aliphatic rings. The van der Waals surface area contributed by atoms with Gasteiger partial charge in [0.05, 0.1) is 0 Å². The Labute approximate surface area is 181 Å². The average molecular weight is 424 g/mol. The topological polar surface area (TPSA) is 53.2 Å². The van der Waals surface area contributed by atoms with E-state index in [1.807, 2.05) is 19.1 Å². The van der Waals surface area contributed by atoms with E-state index < -0.39 is 11.7 Å². The highest BCUT2D eigenvalue weighted by atomic mass is 19.1. The van der Waals surface area contributed by atoms with Crippen molar-refractivity contribution < 1.29 is 13.6 Å². The van der Waals surface area contributed by atoms with Crippen LogP contribution in [-0.2, 0) is 0 Å². The Balaban J connectivity index is 1.58. The molecule has 2 heterocycles. The lowest BCUT2D eigenvalue weighted by molar-refractivity contribution is 0.102. The maximum atomic E-state index is 14.8. The molecule has 3 N–H and O–H groups in total. The lowest BCUT2D eigenvalue weighted by Crippen LogP contribution is -2.21. The molecule has 0 aromatic heterocycles. The van der Waals surface area contributed by atoms with Crippen LogP contribution >= 0.6 is 0 Å². The van der Waals surface area contributed by atoms with Crippen LogP contribution in [0.3, 0.4) is 0 Å². The van der Waals surface area contributed by atoms with Gasteiger partial charge in [0.2, 0.25) is 0 Å². The van der Waals surface area contributed by atoms with E-state index in [1.54, 1.807) is 19.1 Å². The molecule has 31 heavy (non-hydrogen) atoms. The molecule has 4 rings (SSSR count). The summed E-state index contributed by atoms with van der Waals surface area (Å²) in [5.41, 5.74) is 5.12. The van der Waals surface area contributed by atoms with Crippen molar-refractivity contribution in [3.63, 3.8) is 0 Å². The van der Waals surface area contributed by atoms with Gasteiger partial charge in [-0.1, -0.05) is 12.2 Å². The highest BCUT2D eigenvalue weighted by Gasteiger charge is 2.19. The summed E-state index contributed by atoms with van der Waals surface area (Å²) in [5.74, 6) is -1.23. The van der Waals surface area contributed by atoms with Crippen LogP contribution in [0, 0.1) is 25.5 Å². The van der Waals surface area contributed by atoms with Crippen LogP contribution in [0.1, 0.15) is 45.5 Å². The Hall–Kier alpha value is -2.83. The highest BCUT2D eigenvalue weighted by Crippen LogP contribution is 2.29. The van der Waals surface area contributed by atoms with E-state index in [0.29, 0.717) is 28.9 Å². The number of nitrogens with one attached hydrogen (secondary N) is 3. The standard InChI is InChI=1S/C25H27F2N3O/c1-15-11-20(17-3-7-28-8-4-17)22(26)13-19(15)25(31)30-24-14-23(27)21(12-16(24)2)18-5-9-29-10-6-18/h3,5,11-14,28-29H,4,6-10H2,1-2H3,(H,30,31). The number of halogens is 2. The van der Waals surface area contributed by atoms with Gasteiger partial charge in [-0.2, -0.15) is 0 Å². The number of hydrogen-bond donors (Lipinski definition) is 3. The summed E-state index contributed by atoms with van der Waals surface area (Å²) in [5, 5.41) is 9.19. The second-order valence-electron chi connectivity index (χ2n) is 8.12. The molecule has 2 aromatic rings. The molecule has 6 heteroatoms. The molecule has 0 saturated heterocycles. The summed E-state index contributed by atoms with van der Waals surface area (Å²) in [4.78, 5) is 12.9. The molecule has 2 aromatic carbocycles. The molecule has 1 amide bonds. The van der Waals surface area contributed by atoms with Crippen LogP contribution in [0.2, 0.25) is 0 Å². The zero-order valence-corrected chi connectivity index (χ0v) is 17.9. The van der Waals surface area contributed by atoms with Crippen molar-refractivity contribution in [3.05, 3.63) is 75.9 Å². The lowest BCUT2D eigenvalue weighted by Gasteiger charge is -2.18. The molecular weight excluding hydrogens is 396 g/mol. The van der Waals surface area contributed by atoms with Crippen molar-refractivity contribution in [2.45, 2.75) is 26.7 Å². The lowest BCUT2D eigenvalue weighted by atomic mass is 9.95. The predicted octanol–water partition coefficient (Wildman–Crippen LogP) is 4.59. The molecule has 4 nitrogen and oxygen atoms in total. The van der Waals surface area contributed by atoms with Gasteiger partial charge in [0.25, 0.3) is 5.91 Å². The number of benzene rings is 2. The molecule has 2 aliphatic heterocycles. The third kappa shape index (κ3) is 4.60. The summed E-state index contributed by atoms with van der Waals surface area (Å²) in [6, 6.07) is 6.12. The molecule has 0 spiro atoms. The third-order valence-corrected chi connectivity index (χ3v) is 5.94. The van der Waals surface area contributed by atoms with Gasteiger partial charge < -0.3 is 16.0 Å². The molecule has 0 unspecified atom stereocenters. The third-order valence-electron chi connectivity index (χ3n) is 5.94. The van der Waals surface area contributed by atoms with E-state index in [1.165, 1.54) is 12.1 Å². The second kappa shape index (κ2) is 9.12. The summed E-state index contributed by atoms with van der Waals surface area (Å²) in [6.45, 7) is 6.68. The minimum atomic E-state index is -0.446. The SMILES string of the molecule is Cc1cc(C2=CCNCC2)c(F)cc1NC(=O)c1cc(F)c(C2=CCNCC2)cc1C. The first-order valence-electron chi connectivity index (χ1n) is 10.7. The molecule has 0 atom stereocenters. The Bertz CT molecular complexity index is 1090. The van der Waals surface area contributed by atoms with Gasteiger partial charge in [-0.15, -0.1) is 0 Å². The van der Waals surface area contributed by atoms with E-state index >= 15 is 0 Å². The first-order valence-corrected chi connectivity index (χ1v) is 10.7. The summed E-state index contributed by atoms with van der Waals surface area (Å²) < 4.78 is 29.6. The minimum Gasteiger partial charge on any atom is -0.322 e. The molecule has 0 radical (unpaired) electrons. The first kappa shape index (κ1) is 21.4. The summed E-state index contributed by atoms with van der Waals surface area (Å²) in [7, 11) is 0. The van der Waals surface area contributed by atoms with Crippen LogP contribution in [0.25, 0.3) is 11.1 Å². The van der Waals surface area contributed by atoms with E-state index in [-0.39, 0.29) is 11.4 Å². The minimum absolute atomic E-state index is 0.251. The van der Waals surface area contributed by atoms with Crippen LogP contribution in [-0.4, -0.2) is 32.1 Å². The fraction of sp³-hybridized carbons (Fsp3) is 0.320. The number of rotatable bonds is 4. The second-order valence-corrected chi connectivity index (χ2v) is 8.12. The summed E-state index contributed by atoms with van der Waals surface area (Å²) in [6.07, 6.45) is 5.48. The molecule has 0 bridgehead atoms. The molecule has 162 valence electrons. The highest BCUT2D eigenvalue weighted by molar-refractivity contribution is 6.06. The fourth-order valence-electron chi connectivity index (χ4n) is 4.16. The number of amides is 1. The zero-order chi connectivity index (χ0) is 22.0. The van der Waals surface area contributed by atoms with Crippen molar-refractivity contribution >= 4 is 22.7 Å². The van der Waals surface area contributed by atoms with Crippen molar-refractivity contribution in [2.75, 3.05) is 31.5 Å². The van der Waals surface area contributed by atoms with Gasteiger partial charge in [-0.3, -0.25) is 4.79 Å². The Kier molecular flexibility index (Phi) is 6.30. The molecular formula is C25H27F2N3O. The van der Waals surface area contributed by atoms with Crippen LogP contribution in [0.15, 0.2) is 36.4 Å². The summed E-state index contributed by atoms with van der Waals surface area (Å²) >= 11 is 0. The quantitative estimate of drug-likeness (QED) is 0.674. The van der Waals surface area contributed by atoms with Crippen molar-refractivity contribution in [1.82, 2.24) is 10.6 Å². The molecule has 0 saturated carbocycles. The Morgan fingerprint density at radius 3 is 1.94 bits per heavy atom. The predicted molar refractivity (Wildman–Crippen MR) is 121 cm³/mol. The molecule has 0 fully saturated rings. The van der Waals surface area contributed by atoms with Gasteiger partial charge in [-0.05, 0) is 86.3 Å². The largest absolute Gasteiger partial charge is 0.322 e. The first-order chi connectivity index (χ1) is 14.9. The van der Waals surface area contributed by atoms with Crippen molar-refractivity contribution in [2.24, 2.45) is 0 Å². The van der Waals surface area contributed by atoms with Gasteiger partial charge in [0.1, 0.15) is 11.6 Å². The van der Waals surface area contributed by atoms with Crippen LogP contribution < -0.4 is 16.0 Å². The van der Waals surface area contributed by atoms with Crippen LogP contribution in [0.4, 0.5) is 14.5 Å². The van der Waals surface area contributed by atoms with E-state index in [2.05, 4.69) is 16.0 Å². The number of anilines is 1. The maximum absolute atomic E-state index is 14.8. The van der Waals surface area contributed by atoms with Crippen molar-refractivity contribution in [1.29, 1.82) is 0 Å².